The number of imidazole rings is 1. The van der Waals surface area contributed by atoms with Crippen molar-refractivity contribution in [3.05, 3.63) is 48.3 Å². The minimum atomic E-state index is -0.356. The number of aromatic nitrogens is 2. The van der Waals surface area contributed by atoms with E-state index in [2.05, 4.69) is 15.6 Å². The van der Waals surface area contributed by atoms with E-state index < -0.39 is 0 Å². The lowest BCUT2D eigenvalue weighted by Gasteiger charge is -2.09. The van der Waals surface area contributed by atoms with Gasteiger partial charge in [0.25, 0.3) is 0 Å². The summed E-state index contributed by atoms with van der Waals surface area (Å²) in [7, 11) is 0. The molecule has 6 heteroatoms. The Hall–Kier alpha value is -3.02. The molecule has 23 heavy (non-hydrogen) atoms. The maximum absolute atomic E-state index is 11.6. The summed E-state index contributed by atoms with van der Waals surface area (Å²) in [6.07, 6.45) is 3.87. The van der Waals surface area contributed by atoms with Crippen molar-refractivity contribution < 1.29 is 9.90 Å². The van der Waals surface area contributed by atoms with Gasteiger partial charge in [0.1, 0.15) is 11.4 Å². The number of nitrogens with one attached hydrogen (secondary N) is 2. The lowest BCUT2D eigenvalue weighted by atomic mass is 10.1. The van der Waals surface area contributed by atoms with Crippen LogP contribution in [0.25, 0.3) is 16.9 Å². The Morgan fingerprint density at radius 3 is 2.91 bits per heavy atom. The molecule has 0 spiro atoms. The molecule has 0 fully saturated rings. The van der Waals surface area contributed by atoms with Crippen LogP contribution in [-0.2, 0) is 0 Å². The average molecular weight is 310 g/mol. The third-order valence-electron chi connectivity index (χ3n) is 3.49. The van der Waals surface area contributed by atoms with Crippen molar-refractivity contribution in [1.29, 1.82) is 0 Å². The van der Waals surface area contributed by atoms with E-state index in [0.717, 1.165) is 22.5 Å². The van der Waals surface area contributed by atoms with Gasteiger partial charge in [0.05, 0.1) is 11.4 Å². The highest BCUT2D eigenvalue weighted by atomic mass is 16.3. The van der Waals surface area contributed by atoms with Crippen LogP contribution in [0.2, 0.25) is 0 Å². The van der Waals surface area contributed by atoms with Crippen molar-refractivity contribution in [2.75, 3.05) is 11.9 Å². The first-order chi connectivity index (χ1) is 11.1. The number of urea groups is 1. The summed E-state index contributed by atoms with van der Waals surface area (Å²) in [5, 5.41) is 15.2. The first-order valence-corrected chi connectivity index (χ1v) is 7.40. The smallest absolute Gasteiger partial charge is 0.319 e. The third-order valence-corrected chi connectivity index (χ3v) is 3.49. The number of rotatable bonds is 3. The minimum absolute atomic E-state index is 0.0135. The number of amides is 2. The molecule has 3 aromatic rings. The van der Waals surface area contributed by atoms with Gasteiger partial charge in [-0.2, -0.15) is 0 Å². The van der Waals surface area contributed by atoms with Crippen LogP contribution < -0.4 is 10.6 Å². The molecule has 3 N–H and O–H groups in total. The number of hydrogen-bond acceptors (Lipinski definition) is 3. The standard InChI is InChI=1S/C17H18N4O2/c1-3-18-17(23)20-13-9-12(4-5-15(13)22)14-10-21-7-6-11(2)8-16(21)19-14/h4-10,22H,3H2,1-2H3,(H2,18,20,23). The molecule has 0 radical (unpaired) electrons. The van der Waals surface area contributed by atoms with Gasteiger partial charge in [-0.05, 0) is 49.7 Å². The lowest BCUT2D eigenvalue weighted by Crippen LogP contribution is -2.28. The summed E-state index contributed by atoms with van der Waals surface area (Å²) in [6, 6.07) is 8.68. The fourth-order valence-electron chi connectivity index (χ4n) is 2.35. The Bertz CT molecular complexity index is 870. The molecule has 2 amide bonds. The molecule has 3 rings (SSSR count). The first kappa shape index (κ1) is 14.9. The van der Waals surface area contributed by atoms with Crippen LogP contribution >= 0.6 is 0 Å². The molecule has 0 aliphatic rings. The van der Waals surface area contributed by atoms with Crippen LogP contribution in [0, 0.1) is 6.92 Å². The molecule has 2 heterocycles. The number of anilines is 1. The molecular weight excluding hydrogens is 292 g/mol. The third kappa shape index (κ3) is 3.11. The number of aromatic hydroxyl groups is 1. The van der Waals surface area contributed by atoms with Gasteiger partial charge in [-0.15, -0.1) is 0 Å². The van der Waals surface area contributed by atoms with Crippen LogP contribution in [0.3, 0.4) is 0 Å². The predicted octanol–water partition coefficient (Wildman–Crippen LogP) is 3.16. The number of phenolic OH excluding ortho intramolecular Hbond substituents is 1. The van der Waals surface area contributed by atoms with E-state index in [9.17, 15) is 9.90 Å². The number of hydrogen-bond donors (Lipinski definition) is 3. The van der Waals surface area contributed by atoms with Crippen molar-refractivity contribution in [3.63, 3.8) is 0 Å². The Labute approximate surface area is 133 Å². The number of aryl methyl sites for hydroxylation is 1. The second kappa shape index (κ2) is 6.00. The van der Waals surface area contributed by atoms with E-state index in [-0.39, 0.29) is 11.8 Å². The molecule has 0 atom stereocenters. The van der Waals surface area contributed by atoms with Crippen LogP contribution in [0.4, 0.5) is 10.5 Å². The van der Waals surface area contributed by atoms with Gasteiger partial charge in [0.2, 0.25) is 0 Å². The number of pyridine rings is 1. The molecule has 2 aromatic heterocycles. The summed E-state index contributed by atoms with van der Waals surface area (Å²) < 4.78 is 1.94. The van der Waals surface area contributed by atoms with Crippen LogP contribution in [0.1, 0.15) is 12.5 Å². The average Bonchev–Trinajstić information content (AvgIpc) is 2.92. The highest BCUT2D eigenvalue weighted by Gasteiger charge is 2.10. The van der Waals surface area contributed by atoms with E-state index in [1.807, 2.05) is 42.8 Å². The maximum atomic E-state index is 11.6. The second-order valence-corrected chi connectivity index (χ2v) is 5.31. The van der Waals surface area contributed by atoms with E-state index >= 15 is 0 Å². The van der Waals surface area contributed by atoms with Crippen molar-refractivity contribution in [3.8, 4) is 17.0 Å². The fraction of sp³-hybridized carbons (Fsp3) is 0.176. The molecule has 0 saturated heterocycles. The van der Waals surface area contributed by atoms with Gasteiger partial charge < -0.3 is 20.1 Å². The Morgan fingerprint density at radius 2 is 2.13 bits per heavy atom. The zero-order chi connectivity index (χ0) is 16.4. The van der Waals surface area contributed by atoms with E-state index in [1.54, 1.807) is 18.2 Å². The summed E-state index contributed by atoms with van der Waals surface area (Å²) >= 11 is 0. The summed E-state index contributed by atoms with van der Waals surface area (Å²) in [5.74, 6) is 0.0135. The molecule has 6 nitrogen and oxygen atoms in total. The topological polar surface area (TPSA) is 78.7 Å². The summed E-state index contributed by atoms with van der Waals surface area (Å²) in [4.78, 5) is 16.2. The summed E-state index contributed by atoms with van der Waals surface area (Å²) in [5.41, 5.74) is 3.93. The molecule has 1 aromatic carbocycles. The highest BCUT2D eigenvalue weighted by molar-refractivity contribution is 5.91. The Balaban J connectivity index is 1.96. The SMILES string of the molecule is CCNC(=O)Nc1cc(-c2cn3ccc(C)cc3n2)ccc1O. The van der Waals surface area contributed by atoms with Gasteiger partial charge in [-0.1, -0.05) is 0 Å². The second-order valence-electron chi connectivity index (χ2n) is 5.31. The number of benzene rings is 1. The van der Waals surface area contributed by atoms with Crippen molar-refractivity contribution in [2.45, 2.75) is 13.8 Å². The zero-order valence-corrected chi connectivity index (χ0v) is 13.0. The quantitative estimate of drug-likeness (QED) is 0.650. The van der Waals surface area contributed by atoms with Gasteiger partial charge in [-0.3, -0.25) is 0 Å². The largest absolute Gasteiger partial charge is 0.506 e. The molecule has 0 saturated carbocycles. The number of carbonyl (C=O) groups is 1. The molecule has 0 aliphatic carbocycles. The number of nitrogens with zero attached hydrogens (tertiary/aromatic N) is 2. The van der Waals surface area contributed by atoms with Crippen molar-refractivity contribution in [1.82, 2.24) is 14.7 Å². The van der Waals surface area contributed by atoms with Gasteiger partial charge in [0, 0.05) is 24.5 Å². The zero-order valence-electron chi connectivity index (χ0n) is 13.0. The van der Waals surface area contributed by atoms with Crippen molar-refractivity contribution in [2.24, 2.45) is 0 Å². The maximum Gasteiger partial charge on any atom is 0.319 e. The van der Waals surface area contributed by atoms with Gasteiger partial charge >= 0.3 is 6.03 Å². The summed E-state index contributed by atoms with van der Waals surface area (Å²) in [6.45, 7) is 4.36. The van der Waals surface area contributed by atoms with Gasteiger partial charge in [-0.25, -0.2) is 9.78 Å². The molecular formula is C17H18N4O2. The molecule has 0 unspecified atom stereocenters. The molecule has 118 valence electrons. The predicted molar refractivity (Wildman–Crippen MR) is 89.7 cm³/mol. The van der Waals surface area contributed by atoms with Crippen LogP contribution in [0.5, 0.6) is 5.75 Å². The molecule has 0 bridgehead atoms. The Morgan fingerprint density at radius 1 is 1.30 bits per heavy atom. The normalized spacial score (nSPS) is 10.7. The monoisotopic (exact) mass is 310 g/mol. The number of phenols is 1. The fourth-order valence-corrected chi connectivity index (χ4v) is 2.35. The number of fused-ring (bicyclic) bond motifs is 1. The van der Waals surface area contributed by atoms with Gasteiger partial charge in [0.15, 0.2) is 0 Å². The highest BCUT2D eigenvalue weighted by Crippen LogP contribution is 2.29. The van der Waals surface area contributed by atoms with E-state index in [1.165, 1.54) is 0 Å². The van der Waals surface area contributed by atoms with Crippen LogP contribution in [0.15, 0.2) is 42.7 Å². The van der Waals surface area contributed by atoms with Crippen molar-refractivity contribution >= 4 is 17.4 Å². The van der Waals surface area contributed by atoms with E-state index in [0.29, 0.717) is 12.2 Å². The van der Waals surface area contributed by atoms with E-state index in [4.69, 9.17) is 0 Å². The molecule has 0 aliphatic heterocycles. The lowest BCUT2D eigenvalue weighted by molar-refractivity contribution is 0.252. The Kier molecular flexibility index (Phi) is 3.89. The minimum Gasteiger partial charge on any atom is -0.506 e. The first-order valence-electron chi connectivity index (χ1n) is 7.40. The number of carbonyl (C=O) groups excluding carboxylic acids is 1. The van der Waals surface area contributed by atoms with Crippen LogP contribution in [-0.4, -0.2) is 27.1 Å².